The van der Waals surface area contributed by atoms with E-state index in [-0.39, 0.29) is 29.1 Å². The molecule has 2 aliphatic heterocycles. The molecule has 1 saturated heterocycles. The maximum Gasteiger partial charge on any atom is 0.358 e. The number of β-lactam (4-membered cyclic amide) rings is 1. The zero-order valence-electron chi connectivity index (χ0n) is 21.3. The van der Waals surface area contributed by atoms with Crippen LogP contribution in [0.15, 0.2) is 17.4 Å². The first-order valence-electron chi connectivity index (χ1n) is 11.5. The van der Waals surface area contributed by atoms with Gasteiger partial charge in [0.05, 0.1) is 29.2 Å². The van der Waals surface area contributed by atoms with E-state index in [0.29, 0.717) is 16.1 Å². The highest BCUT2D eigenvalue weighted by Crippen LogP contribution is 2.51. The molecule has 2 amide bonds. The standard InChI is InChI=1S/C24H30N4O7S/c1-11-14(13-8-36-21-16(20(31)26(6)7)25-9-27(13)21)18(28-17(11)15(12(2)29)19(28)30)22(32)34-10-35-23(33)24(3,4)5/h8-9,11-12,15,17,29H,10H2,1-7H3/t11-,12+,15+,17+/m0/s1. The van der Waals surface area contributed by atoms with Gasteiger partial charge in [0.2, 0.25) is 12.7 Å². The van der Waals surface area contributed by atoms with Crippen molar-refractivity contribution in [2.24, 2.45) is 17.3 Å². The van der Waals surface area contributed by atoms with E-state index >= 15 is 0 Å². The second-order valence-corrected chi connectivity index (χ2v) is 11.2. The highest BCUT2D eigenvalue weighted by Gasteiger charge is 2.60. The Bertz CT molecular complexity index is 1280. The van der Waals surface area contributed by atoms with Gasteiger partial charge in [-0.25, -0.2) is 9.78 Å². The first-order chi connectivity index (χ1) is 16.8. The molecule has 4 rings (SSSR count). The van der Waals surface area contributed by atoms with Gasteiger partial charge < -0.3 is 24.4 Å². The van der Waals surface area contributed by atoms with Crippen molar-refractivity contribution in [3.63, 3.8) is 0 Å². The molecule has 0 saturated carbocycles. The molecule has 2 aromatic rings. The van der Waals surface area contributed by atoms with Gasteiger partial charge in [-0.2, -0.15) is 0 Å². The van der Waals surface area contributed by atoms with E-state index in [1.54, 1.807) is 51.6 Å². The van der Waals surface area contributed by atoms with Gasteiger partial charge in [-0.1, -0.05) is 6.92 Å². The van der Waals surface area contributed by atoms with Crippen molar-refractivity contribution in [3.8, 4) is 0 Å². The van der Waals surface area contributed by atoms with Gasteiger partial charge in [0, 0.05) is 31.0 Å². The first-order valence-corrected chi connectivity index (χ1v) is 12.4. The highest BCUT2D eigenvalue weighted by atomic mass is 32.1. The molecule has 11 nitrogen and oxygen atoms in total. The third-order valence-corrected chi connectivity index (χ3v) is 7.46. The van der Waals surface area contributed by atoms with Crippen molar-refractivity contribution in [3.05, 3.63) is 28.8 Å². The summed E-state index contributed by atoms with van der Waals surface area (Å²) in [7, 11) is 3.27. The SMILES string of the molecule is C[C@@H](O)[C@H]1C(=O)N2C(C(=O)OCOC(=O)C(C)(C)C)=C(c3csc4c(C(=O)N(C)C)ncn34)[C@H](C)[C@H]12. The average molecular weight is 519 g/mol. The number of aromatic nitrogens is 2. The molecule has 12 heteroatoms. The van der Waals surface area contributed by atoms with Crippen molar-refractivity contribution >= 4 is 45.5 Å². The summed E-state index contributed by atoms with van der Waals surface area (Å²) >= 11 is 1.30. The van der Waals surface area contributed by atoms with E-state index in [4.69, 9.17) is 9.47 Å². The van der Waals surface area contributed by atoms with Crippen LogP contribution in [-0.4, -0.2) is 81.1 Å². The summed E-state index contributed by atoms with van der Waals surface area (Å²) in [5, 5.41) is 12.0. The normalized spacial score (nSPS) is 22.4. The van der Waals surface area contributed by atoms with E-state index in [2.05, 4.69) is 4.98 Å². The fourth-order valence-electron chi connectivity index (χ4n) is 4.66. The molecular weight excluding hydrogens is 488 g/mol. The summed E-state index contributed by atoms with van der Waals surface area (Å²) in [6, 6.07) is -0.437. The Morgan fingerprint density at radius 1 is 1.25 bits per heavy atom. The van der Waals surface area contributed by atoms with E-state index in [1.165, 1.54) is 27.5 Å². The van der Waals surface area contributed by atoms with Crippen LogP contribution in [0.4, 0.5) is 0 Å². The number of ether oxygens (including phenoxy) is 2. The van der Waals surface area contributed by atoms with E-state index in [9.17, 15) is 24.3 Å². The van der Waals surface area contributed by atoms with Gasteiger partial charge in [0.1, 0.15) is 16.9 Å². The minimum Gasteiger partial charge on any atom is -0.427 e. The minimum atomic E-state index is -0.898. The number of imidazole rings is 1. The third kappa shape index (κ3) is 3.97. The van der Waals surface area contributed by atoms with Crippen LogP contribution in [0.25, 0.3) is 10.4 Å². The lowest BCUT2D eigenvalue weighted by atomic mass is 9.77. The van der Waals surface area contributed by atoms with Gasteiger partial charge in [-0.05, 0) is 27.7 Å². The maximum absolute atomic E-state index is 13.3. The summed E-state index contributed by atoms with van der Waals surface area (Å²) in [6.07, 6.45) is 0.612. The summed E-state index contributed by atoms with van der Waals surface area (Å²) in [5.74, 6) is -2.98. The number of aliphatic hydroxyl groups is 1. The molecular formula is C24H30N4O7S. The van der Waals surface area contributed by atoms with Crippen LogP contribution in [0.1, 0.15) is 50.8 Å². The number of hydrogen-bond donors (Lipinski definition) is 1. The van der Waals surface area contributed by atoms with Crippen LogP contribution in [0.2, 0.25) is 0 Å². The number of hydrogen-bond acceptors (Lipinski definition) is 9. The van der Waals surface area contributed by atoms with Crippen molar-refractivity contribution in [2.45, 2.75) is 46.8 Å². The molecule has 2 aromatic heterocycles. The lowest BCUT2D eigenvalue weighted by Crippen LogP contribution is -2.63. The molecule has 0 aromatic carbocycles. The molecule has 0 bridgehead atoms. The summed E-state index contributed by atoms with van der Waals surface area (Å²) < 4.78 is 12.1. The molecule has 4 atom stereocenters. The van der Waals surface area contributed by atoms with Crippen LogP contribution in [0, 0.1) is 17.3 Å². The first kappa shape index (κ1) is 25.8. The number of carbonyl (C=O) groups is 4. The van der Waals surface area contributed by atoms with E-state index < -0.39 is 42.2 Å². The topological polar surface area (TPSA) is 131 Å². The summed E-state index contributed by atoms with van der Waals surface area (Å²) in [6.45, 7) is 7.86. The Balaban J connectivity index is 1.74. The van der Waals surface area contributed by atoms with Gasteiger partial charge in [0.15, 0.2) is 5.69 Å². The van der Waals surface area contributed by atoms with Crippen molar-refractivity contribution < 1.29 is 33.8 Å². The van der Waals surface area contributed by atoms with Gasteiger partial charge in [0.25, 0.3) is 5.91 Å². The second-order valence-electron chi connectivity index (χ2n) is 10.3. The Morgan fingerprint density at radius 2 is 1.92 bits per heavy atom. The van der Waals surface area contributed by atoms with Gasteiger partial charge in [-0.3, -0.25) is 18.8 Å². The molecule has 0 spiro atoms. The zero-order valence-corrected chi connectivity index (χ0v) is 22.1. The molecule has 194 valence electrons. The largest absolute Gasteiger partial charge is 0.427 e. The number of amides is 2. The number of fused-ring (bicyclic) bond motifs is 2. The third-order valence-electron chi connectivity index (χ3n) is 6.51. The van der Waals surface area contributed by atoms with Crippen LogP contribution in [0.3, 0.4) is 0 Å². The molecule has 1 N–H and O–H groups in total. The van der Waals surface area contributed by atoms with Crippen LogP contribution < -0.4 is 0 Å². The zero-order chi connectivity index (χ0) is 26.7. The molecule has 0 radical (unpaired) electrons. The Morgan fingerprint density at radius 3 is 2.50 bits per heavy atom. The molecule has 1 fully saturated rings. The molecule has 36 heavy (non-hydrogen) atoms. The van der Waals surface area contributed by atoms with Crippen molar-refractivity contribution in [1.29, 1.82) is 0 Å². The number of esters is 2. The number of carbonyl (C=O) groups excluding carboxylic acids is 4. The van der Waals surface area contributed by atoms with Crippen LogP contribution >= 0.6 is 11.3 Å². The van der Waals surface area contributed by atoms with Crippen molar-refractivity contribution in [1.82, 2.24) is 19.2 Å². The predicted octanol–water partition coefficient (Wildman–Crippen LogP) is 1.76. The van der Waals surface area contributed by atoms with Gasteiger partial charge >= 0.3 is 11.9 Å². The molecule has 2 aliphatic rings. The quantitative estimate of drug-likeness (QED) is 0.348. The summed E-state index contributed by atoms with van der Waals surface area (Å²) in [4.78, 5) is 58.5. The van der Waals surface area contributed by atoms with E-state index in [1.807, 2.05) is 6.92 Å². The number of rotatable bonds is 6. The Labute approximate surface area is 212 Å². The van der Waals surface area contributed by atoms with Gasteiger partial charge in [-0.15, -0.1) is 11.3 Å². The number of thiazole rings is 1. The molecule has 0 unspecified atom stereocenters. The number of aliphatic hydroxyl groups excluding tert-OH is 1. The highest BCUT2D eigenvalue weighted by molar-refractivity contribution is 7.16. The van der Waals surface area contributed by atoms with E-state index in [0.717, 1.165) is 0 Å². The maximum atomic E-state index is 13.3. The Kier molecular flexibility index (Phi) is 6.46. The van der Waals surface area contributed by atoms with Crippen LogP contribution in [0.5, 0.6) is 0 Å². The fraction of sp³-hybridized carbons (Fsp3) is 0.542. The molecule has 4 heterocycles. The minimum absolute atomic E-state index is 0.0371. The lowest BCUT2D eigenvalue weighted by Gasteiger charge is -2.46. The smallest absolute Gasteiger partial charge is 0.358 e. The van der Waals surface area contributed by atoms with Crippen LogP contribution in [-0.2, 0) is 23.9 Å². The Hall–Kier alpha value is -3.25. The predicted molar refractivity (Wildman–Crippen MR) is 129 cm³/mol. The number of nitrogens with zero attached hydrogens (tertiary/aromatic N) is 4. The average Bonchev–Trinajstić information content (AvgIpc) is 3.43. The lowest BCUT2D eigenvalue weighted by molar-refractivity contribution is -0.175. The monoisotopic (exact) mass is 518 g/mol. The fourth-order valence-corrected chi connectivity index (χ4v) is 5.63. The molecule has 0 aliphatic carbocycles. The second kappa shape index (κ2) is 9.00. The summed E-state index contributed by atoms with van der Waals surface area (Å²) in [5.41, 5.74) is 0.679. The van der Waals surface area contributed by atoms with Crippen molar-refractivity contribution in [2.75, 3.05) is 20.9 Å².